The van der Waals surface area contributed by atoms with E-state index < -0.39 is 11.6 Å². The highest BCUT2D eigenvalue weighted by atomic mass is 19.2. The molecule has 4 rings (SSSR count). The van der Waals surface area contributed by atoms with E-state index in [1.165, 1.54) is 6.07 Å². The van der Waals surface area contributed by atoms with Crippen molar-refractivity contribution < 1.29 is 13.6 Å². The Hall–Kier alpha value is -2.58. The Labute approximate surface area is 181 Å². The number of halogens is 2. The third-order valence-corrected chi connectivity index (χ3v) is 6.25. The van der Waals surface area contributed by atoms with Crippen LogP contribution in [0.5, 0.6) is 0 Å². The van der Waals surface area contributed by atoms with Crippen molar-refractivity contribution in [2.45, 2.75) is 38.4 Å². The van der Waals surface area contributed by atoms with Crippen molar-refractivity contribution in [1.82, 2.24) is 24.9 Å². The number of nitrogens with one attached hydrogen (secondary N) is 1. The Morgan fingerprint density at radius 1 is 1.29 bits per heavy atom. The van der Waals surface area contributed by atoms with Crippen LogP contribution in [-0.4, -0.2) is 64.8 Å². The van der Waals surface area contributed by atoms with Crippen LogP contribution in [0.25, 0.3) is 0 Å². The number of amides is 1. The zero-order valence-corrected chi connectivity index (χ0v) is 17.9. The van der Waals surface area contributed by atoms with Crippen molar-refractivity contribution in [2.24, 2.45) is 0 Å². The average Bonchev–Trinajstić information content (AvgIpc) is 3.13. The Kier molecular flexibility index (Phi) is 6.48. The lowest BCUT2D eigenvalue weighted by atomic mass is 9.90. The van der Waals surface area contributed by atoms with Crippen LogP contribution in [0.15, 0.2) is 30.9 Å². The average molecular weight is 430 g/mol. The largest absolute Gasteiger partial charge is 0.335 e. The predicted octanol–water partition coefficient (Wildman–Crippen LogP) is 2.38. The molecule has 31 heavy (non-hydrogen) atoms. The van der Waals surface area contributed by atoms with Crippen molar-refractivity contribution in [1.29, 1.82) is 0 Å². The van der Waals surface area contributed by atoms with Crippen molar-refractivity contribution in [2.75, 3.05) is 33.2 Å². The SMILES string of the molecule is C=CCn1nc(C(=O)N2CCN(C)CC2)c2c1CCC(NCc1cccc(F)c1F)C2. The molecular weight excluding hydrogens is 400 g/mol. The lowest BCUT2D eigenvalue weighted by Gasteiger charge is -2.32. The molecule has 0 spiro atoms. The first-order valence-electron chi connectivity index (χ1n) is 10.8. The van der Waals surface area contributed by atoms with Crippen LogP contribution in [0.4, 0.5) is 8.78 Å². The monoisotopic (exact) mass is 429 g/mol. The van der Waals surface area contributed by atoms with E-state index in [4.69, 9.17) is 0 Å². The number of carbonyl (C=O) groups excluding carboxylic acids is 1. The molecule has 6 nitrogen and oxygen atoms in total. The topological polar surface area (TPSA) is 53.4 Å². The fourth-order valence-electron chi connectivity index (χ4n) is 4.41. The summed E-state index contributed by atoms with van der Waals surface area (Å²) in [6.45, 7) is 7.70. The highest BCUT2D eigenvalue weighted by molar-refractivity contribution is 5.94. The Morgan fingerprint density at radius 2 is 2.06 bits per heavy atom. The van der Waals surface area contributed by atoms with Crippen molar-refractivity contribution in [3.8, 4) is 0 Å². The maximum Gasteiger partial charge on any atom is 0.274 e. The second kappa shape index (κ2) is 9.28. The van der Waals surface area contributed by atoms with E-state index in [-0.39, 0.29) is 18.5 Å². The van der Waals surface area contributed by atoms with Gasteiger partial charge in [-0.25, -0.2) is 8.78 Å². The summed E-state index contributed by atoms with van der Waals surface area (Å²) in [4.78, 5) is 17.3. The molecular formula is C23H29F2N5O. The van der Waals surface area contributed by atoms with E-state index >= 15 is 0 Å². The van der Waals surface area contributed by atoms with Gasteiger partial charge in [0, 0.05) is 55.6 Å². The van der Waals surface area contributed by atoms with Crippen LogP contribution in [0.2, 0.25) is 0 Å². The van der Waals surface area contributed by atoms with Crippen molar-refractivity contribution >= 4 is 5.91 Å². The molecule has 1 fully saturated rings. The van der Waals surface area contributed by atoms with E-state index in [1.54, 1.807) is 12.1 Å². The number of benzene rings is 1. The number of piperazine rings is 1. The zero-order valence-electron chi connectivity index (χ0n) is 17.9. The van der Waals surface area contributed by atoms with Gasteiger partial charge in [-0.2, -0.15) is 5.10 Å². The van der Waals surface area contributed by atoms with E-state index in [9.17, 15) is 13.6 Å². The fraction of sp³-hybridized carbons (Fsp3) is 0.478. The first-order valence-corrected chi connectivity index (χ1v) is 10.8. The smallest absolute Gasteiger partial charge is 0.274 e. The van der Waals surface area contributed by atoms with Crippen LogP contribution in [0.1, 0.15) is 33.7 Å². The third-order valence-electron chi connectivity index (χ3n) is 6.25. The molecule has 2 aliphatic rings. The minimum atomic E-state index is -0.837. The minimum absolute atomic E-state index is 0.0241. The fourth-order valence-corrected chi connectivity index (χ4v) is 4.41. The Morgan fingerprint density at radius 3 is 2.81 bits per heavy atom. The highest BCUT2D eigenvalue weighted by Gasteiger charge is 2.31. The first-order chi connectivity index (χ1) is 15.0. The number of hydrogen-bond acceptors (Lipinski definition) is 4. The molecule has 0 radical (unpaired) electrons. The van der Waals surface area contributed by atoms with Gasteiger partial charge in [-0.1, -0.05) is 18.2 Å². The summed E-state index contributed by atoms with van der Waals surface area (Å²) in [5.41, 5.74) is 2.87. The molecule has 0 saturated carbocycles. The van der Waals surface area contributed by atoms with Crippen molar-refractivity contribution in [3.63, 3.8) is 0 Å². The molecule has 1 amide bonds. The van der Waals surface area contributed by atoms with Gasteiger partial charge in [0.2, 0.25) is 0 Å². The summed E-state index contributed by atoms with van der Waals surface area (Å²) in [6, 6.07) is 4.29. The molecule has 2 heterocycles. The van der Waals surface area contributed by atoms with Crippen LogP contribution >= 0.6 is 0 Å². The molecule has 1 unspecified atom stereocenters. The lowest BCUT2D eigenvalue weighted by molar-refractivity contribution is 0.0656. The van der Waals surface area contributed by atoms with Crippen LogP contribution in [0.3, 0.4) is 0 Å². The van der Waals surface area contributed by atoms with Crippen LogP contribution < -0.4 is 5.32 Å². The standard InChI is InChI=1S/C23H29F2N5O/c1-3-9-30-20-8-7-17(26-15-16-5-4-6-19(24)21(16)25)14-18(20)22(27-30)23(31)29-12-10-28(2)11-13-29/h3-6,17,26H,1,7-15H2,2H3. The molecule has 1 saturated heterocycles. The van der Waals surface area contributed by atoms with E-state index in [2.05, 4.69) is 28.9 Å². The maximum atomic E-state index is 14.0. The summed E-state index contributed by atoms with van der Waals surface area (Å²) in [5.74, 6) is -1.67. The summed E-state index contributed by atoms with van der Waals surface area (Å²) in [7, 11) is 2.06. The van der Waals surface area contributed by atoms with E-state index in [0.717, 1.165) is 43.3 Å². The van der Waals surface area contributed by atoms with Crippen molar-refractivity contribution in [3.05, 3.63) is 65.0 Å². The molecule has 0 bridgehead atoms. The lowest BCUT2D eigenvalue weighted by Crippen LogP contribution is -2.47. The van der Waals surface area contributed by atoms with Gasteiger partial charge in [0.15, 0.2) is 17.3 Å². The molecule has 8 heteroatoms. The maximum absolute atomic E-state index is 14.0. The molecule has 1 aliphatic heterocycles. The molecule has 1 aromatic heterocycles. The van der Waals surface area contributed by atoms with Gasteiger partial charge < -0.3 is 15.1 Å². The summed E-state index contributed by atoms with van der Waals surface area (Å²) < 4.78 is 29.4. The molecule has 1 aliphatic carbocycles. The number of carbonyl (C=O) groups is 1. The molecule has 1 atom stereocenters. The normalized spacial score (nSPS) is 19.3. The molecule has 1 aromatic carbocycles. The zero-order chi connectivity index (χ0) is 22.0. The quantitative estimate of drug-likeness (QED) is 0.717. The van der Waals surface area contributed by atoms with Crippen LogP contribution in [0, 0.1) is 11.6 Å². The van der Waals surface area contributed by atoms with Gasteiger partial charge in [-0.15, -0.1) is 6.58 Å². The number of nitrogens with zero attached hydrogens (tertiary/aromatic N) is 4. The molecule has 2 aromatic rings. The van der Waals surface area contributed by atoms with E-state index in [1.807, 2.05) is 9.58 Å². The summed E-state index contributed by atoms with van der Waals surface area (Å²) >= 11 is 0. The van der Waals surface area contributed by atoms with Gasteiger partial charge >= 0.3 is 0 Å². The first kappa shape index (κ1) is 21.6. The number of allylic oxidation sites excluding steroid dienone is 1. The second-order valence-electron chi connectivity index (χ2n) is 8.37. The predicted molar refractivity (Wildman–Crippen MR) is 115 cm³/mol. The van der Waals surface area contributed by atoms with E-state index in [0.29, 0.717) is 37.3 Å². The third kappa shape index (κ3) is 4.55. The van der Waals surface area contributed by atoms with Crippen LogP contribution in [-0.2, 0) is 25.9 Å². The number of likely N-dealkylation sites (N-methyl/N-ethyl adjacent to an activating group) is 1. The van der Waals surface area contributed by atoms with Gasteiger partial charge in [-0.3, -0.25) is 9.48 Å². The molecule has 166 valence electrons. The van der Waals surface area contributed by atoms with Gasteiger partial charge in [0.05, 0.1) is 6.54 Å². The number of aromatic nitrogens is 2. The number of rotatable bonds is 6. The summed E-state index contributed by atoms with van der Waals surface area (Å²) in [5, 5.41) is 8.00. The number of hydrogen-bond donors (Lipinski definition) is 1. The van der Waals surface area contributed by atoms with Gasteiger partial charge in [0.25, 0.3) is 5.91 Å². The number of fused-ring (bicyclic) bond motifs is 1. The Balaban J connectivity index is 1.52. The second-order valence-corrected chi connectivity index (χ2v) is 8.37. The van der Waals surface area contributed by atoms with Gasteiger partial charge in [0.1, 0.15) is 0 Å². The highest BCUT2D eigenvalue weighted by Crippen LogP contribution is 2.27. The molecule has 1 N–H and O–H groups in total. The summed E-state index contributed by atoms with van der Waals surface area (Å²) in [6.07, 6.45) is 4.04. The Bertz CT molecular complexity index is 965. The van der Waals surface area contributed by atoms with Gasteiger partial charge in [-0.05, 0) is 32.4 Å². The minimum Gasteiger partial charge on any atom is -0.335 e.